The van der Waals surface area contributed by atoms with Gasteiger partial charge in [0, 0.05) is 18.4 Å². The van der Waals surface area contributed by atoms with Crippen molar-refractivity contribution in [3.8, 4) is 0 Å². The van der Waals surface area contributed by atoms with Crippen molar-refractivity contribution in [1.82, 2.24) is 0 Å². The zero-order valence-electron chi connectivity index (χ0n) is 13.5. The summed E-state index contributed by atoms with van der Waals surface area (Å²) in [7, 11) is -3.06. The molecular weight excluding hydrogens is 318 g/mol. The number of anilines is 1. The van der Waals surface area contributed by atoms with Crippen molar-refractivity contribution in [2.45, 2.75) is 32.6 Å². The van der Waals surface area contributed by atoms with Crippen molar-refractivity contribution < 1.29 is 22.7 Å². The maximum Gasteiger partial charge on any atom is 0.338 e. The lowest BCUT2D eigenvalue weighted by Gasteiger charge is -2.08. The first-order chi connectivity index (χ1) is 10.8. The first-order valence-electron chi connectivity index (χ1n) is 7.56. The van der Waals surface area contributed by atoms with Crippen molar-refractivity contribution in [1.29, 1.82) is 0 Å². The molecule has 7 heteroatoms. The lowest BCUT2D eigenvalue weighted by Crippen LogP contribution is -2.14. The number of benzene rings is 1. The Morgan fingerprint density at radius 2 is 1.96 bits per heavy atom. The Balaban J connectivity index is 2.52. The summed E-state index contributed by atoms with van der Waals surface area (Å²) < 4.78 is 27.1. The number of carbonyl (C=O) groups excluding carboxylic acids is 2. The Kier molecular flexibility index (Phi) is 7.74. The van der Waals surface area contributed by atoms with Crippen molar-refractivity contribution in [3.05, 3.63) is 29.8 Å². The summed E-state index contributed by atoms with van der Waals surface area (Å²) in [4.78, 5) is 23.6. The Morgan fingerprint density at radius 3 is 2.61 bits per heavy atom. The molecule has 0 aromatic heterocycles. The fourth-order valence-corrected chi connectivity index (χ4v) is 2.50. The molecule has 1 amide bonds. The lowest BCUT2D eigenvalue weighted by atomic mass is 10.2. The van der Waals surface area contributed by atoms with Crippen LogP contribution in [0.5, 0.6) is 0 Å². The molecule has 0 fully saturated rings. The fraction of sp³-hybridized carbons (Fsp3) is 0.500. The van der Waals surface area contributed by atoms with Crippen LogP contribution in [0.1, 0.15) is 43.0 Å². The predicted octanol–water partition coefficient (Wildman–Crippen LogP) is 2.41. The highest BCUT2D eigenvalue weighted by Crippen LogP contribution is 2.13. The number of carbonyl (C=O) groups is 2. The number of ether oxygens (including phenoxy) is 1. The summed E-state index contributed by atoms with van der Waals surface area (Å²) in [6, 6.07) is 6.48. The normalized spacial score (nSPS) is 11.0. The number of unbranched alkanes of at least 4 members (excludes halogenated alkanes) is 1. The second-order valence-electron chi connectivity index (χ2n) is 5.35. The van der Waals surface area contributed by atoms with Crippen molar-refractivity contribution in [3.63, 3.8) is 0 Å². The van der Waals surface area contributed by atoms with Crippen LogP contribution in [0.25, 0.3) is 0 Å². The minimum absolute atomic E-state index is 0.0236. The lowest BCUT2D eigenvalue weighted by molar-refractivity contribution is -0.116. The molecule has 0 radical (unpaired) electrons. The van der Waals surface area contributed by atoms with E-state index < -0.39 is 15.8 Å². The van der Waals surface area contributed by atoms with E-state index in [-0.39, 0.29) is 24.5 Å². The van der Waals surface area contributed by atoms with Crippen LogP contribution in [0.3, 0.4) is 0 Å². The summed E-state index contributed by atoms with van der Waals surface area (Å²) in [5.41, 5.74) is 0.856. The minimum Gasteiger partial charge on any atom is -0.462 e. The van der Waals surface area contributed by atoms with Crippen LogP contribution < -0.4 is 5.32 Å². The van der Waals surface area contributed by atoms with Crippen LogP contribution >= 0.6 is 0 Å². The molecule has 1 aromatic rings. The molecule has 0 unspecified atom stereocenters. The van der Waals surface area contributed by atoms with E-state index in [0.717, 1.165) is 19.1 Å². The Labute approximate surface area is 137 Å². The number of sulfone groups is 1. The highest BCUT2D eigenvalue weighted by Gasteiger charge is 2.10. The molecule has 0 saturated carbocycles. The standard InChI is InChI=1S/C16H23NO5S/c1-3-4-10-22-16(19)13-7-5-8-14(12-13)17-15(18)9-6-11-23(2,20)21/h5,7-8,12H,3-4,6,9-11H2,1-2H3,(H,17,18). The van der Waals surface area contributed by atoms with Gasteiger partial charge in [-0.1, -0.05) is 19.4 Å². The van der Waals surface area contributed by atoms with Crippen molar-refractivity contribution in [2.75, 3.05) is 23.9 Å². The molecule has 0 atom stereocenters. The van der Waals surface area contributed by atoms with Gasteiger partial charge in [-0.3, -0.25) is 4.79 Å². The maximum absolute atomic E-state index is 11.8. The van der Waals surface area contributed by atoms with Crippen molar-refractivity contribution in [2.24, 2.45) is 0 Å². The Bertz CT molecular complexity index is 640. The van der Waals surface area contributed by atoms with Gasteiger partial charge in [0.15, 0.2) is 0 Å². The van der Waals surface area contributed by atoms with Crippen LogP contribution in [0.15, 0.2) is 24.3 Å². The molecular formula is C16H23NO5S. The van der Waals surface area contributed by atoms with Crippen LogP contribution in [0.4, 0.5) is 5.69 Å². The predicted molar refractivity (Wildman–Crippen MR) is 89.2 cm³/mol. The molecule has 1 rings (SSSR count). The molecule has 0 spiro atoms. The number of rotatable bonds is 9. The largest absolute Gasteiger partial charge is 0.462 e. The van der Waals surface area contributed by atoms with E-state index in [2.05, 4.69) is 5.32 Å². The topological polar surface area (TPSA) is 89.5 Å². The van der Waals surface area contributed by atoms with Crippen LogP contribution in [-0.2, 0) is 19.4 Å². The summed E-state index contributed by atoms with van der Waals surface area (Å²) in [6.07, 6.45) is 3.26. The number of nitrogens with one attached hydrogen (secondary N) is 1. The average molecular weight is 341 g/mol. The summed E-state index contributed by atoms with van der Waals surface area (Å²) in [5, 5.41) is 2.65. The van der Waals surface area contributed by atoms with E-state index in [1.807, 2.05) is 6.92 Å². The maximum atomic E-state index is 11.8. The first-order valence-corrected chi connectivity index (χ1v) is 9.62. The molecule has 0 bridgehead atoms. The van der Waals surface area contributed by atoms with E-state index >= 15 is 0 Å². The van der Waals surface area contributed by atoms with Gasteiger partial charge in [0.2, 0.25) is 5.91 Å². The molecule has 0 aliphatic heterocycles. The number of esters is 1. The highest BCUT2D eigenvalue weighted by atomic mass is 32.2. The second-order valence-corrected chi connectivity index (χ2v) is 7.61. The monoisotopic (exact) mass is 341 g/mol. The van der Waals surface area contributed by atoms with Crippen molar-refractivity contribution >= 4 is 27.4 Å². The molecule has 23 heavy (non-hydrogen) atoms. The molecule has 1 aromatic carbocycles. The fourth-order valence-electron chi connectivity index (χ4n) is 1.83. The van der Waals surface area contributed by atoms with E-state index in [0.29, 0.717) is 17.9 Å². The molecule has 0 aliphatic carbocycles. The summed E-state index contributed by atoms with van der Waals surface area (Å²) >= 11 is 0. The van der Waals surface area contributed by atoms with Gasteiger partial charge in [-0.15, -0.1) is 0 Å². The SMILES string of the molecule is CCCCOC(=O)c1cccc(NC(=O)CCCS(C)(=O)=O)c1. The second kappa shape index (κ2) is 9.29. The van der Waals surface area contributed by atoms with Gasteiger partial charge in [0.25, 0.3) is 0 Å². The van der Waals surface area contributed by atoms with E-state index in [4.69, 9.17) is 4.74 Å². The van der Waals surface area contributed by atoms with Gasteiger partial charge in [-0.05, 0) is 31.0 Å². The van der Waals surface area contributed by atoms with E-state index in [1.54, 1.807) is 24.3 Å². The third kappa shape index (κ3) is 8.35. The average Bonchev–Trinajstić information content (AvgIpc) is 2.46. The van der Waals surface area contributed by atoms with Crippen LogP contribution in [-0.4, -0.2) is 38.9 Å². The molecule has 128 valence electrons. The number of hydrogen-bond acceptors (Lipinski definition) is 5. The zero-order chi connectivity index (χ0) is 17.3. The van der Waals surface area contributed by atoms with Gasteiger partial charge in [0.05, 0.1) is 17.9 Å². The van der Waals surface area contributed by atoms with Gasteiger partial charge in [-0.25, -0.2) is 13.2 Å². The molecule has 0 aliphatic rings. The third-order valence-corrected chi connectivity index (χ3v) is 4.06. The third-order valence-electron chi connectivity index (χ3n) is 3.03. The smallest absolute Gasteiger partial charge is 0.338 e. The van der Waals surface area contributed by atoms with Gasteiger partial charge in [0.1, 0.15) is 9.84 Å². The van der Waals surface area contributed by atoms with Crippen LogP contribution in [0.2, 0.25) is 0 Å². The van der Waals surface area contributed by atoms with Crippen LogP contribution in [0, 0.1) is 0 Å². The Morgan fingerprint density at radius 1 is 1.22 bits per heavy atom. The highest BCUT2D eigenvalue weighted by molar-refractivity contribution is 7.90. The quantitative estimate of drug-likeness (QED) is 0.550. The number of amides is 1. The van der Waals surface area contributed by atoms with E-state index in [1.165, 1.54) is 0 Å². The van der Waals surface area contributed by atoms with Gasteiger partial charge < -0.3 is 10.1 Å². The Hall–Kier alpha value is -1.89. The minimum atomic E-state index is -3.06. The van der Waals surface area contributed by atoms with Gasteiger partial charge in [-0.2, -0.15) is 0 Å². The zero-order valence-corrected chi connectivity index (χ0v) is 14.3. The summed E-state index contributed by atoms with van der Waals surface area (Å²) in [5.74, 6) is -0.735. The van der Waals surface area contributed by atoms with Gasteiger partial charge >= 0.3 is 5.97 Å². The first kappa shape index (κ1) is 19.2. The summed E-state index contributed by atoms with van der Waals surface area (Å²) in [6.45, 7) is 2.38. The number of hydrogen-bond donors (Lipinski definition) is 1. The molecule has 1 N–H and O–H groups in total. The molecule has 0 saturated heterocycles. The molecule has 0 heterocycles. The van der Waals surface area contributed by atoms with E-state index in [9.17, 15) is 18.0 Å². The molecule has 6 nitrogen and oxygen atoms in total.